The third-order valence-corrected chi connectivity index (χ3v) is 4.66. The van der Waals surface area contributed by atoms with Crippen LogP contribution >= 0.6 is 0 Å². The summed E-state index contributed by atoms with van der Waals surface area (Å²) in [6, 6.07) is 19.4. The summed E-state index contributed by atoms with van der Waals surface area (Å²) >= 11 is 0. The second-order valence-corrected chi connectivity index (χ2v) is 7.15. The Morgan fingerprint density at radius 1 is 0.967 bits per heavy atom. The molecular formula is C24H28N4O2. The number of carbonyl (C=O) groups excluding carboxylic acids is 1. The largest absolute Gasteiger partial charge is 0.475 e. The summed E-state index contributed by atoms with van der Waals surface area (Å²) in [5, 5.41) is 13.9. The van der Waals surface area contributed by atoms with Gasteiger partial charge < -0.3 is 15.4 Å². The van der Waals surface area contributed by atoms with E-state index in [2.05, 4.69) is 27.8 Å². The first-order valence-corrected chi connectivity index (χ1v) is 10.3. The zero-order chi connectivity index (χ0) is 21.2. The smallest absolute Gasteiger partial charge is 0.319 e. The molecule has 156 valence electrons. The van der Waals surface area contributed by atoms with Gasteiger partial charge in [-0.3, -0.25) is 0 Å². The average Bonchev–Trinajstić information content (AvgIpc) is 2.77. The monoisotopic (exact) mass is 404 g/mol. The predicted molar refractivity (Wildman–Crippen MR) is 120 cm³/mol. The van der Waals surface area contributed by atoms with E-state index in [0.717, 1.165) is 23.4 Å². The lowest BCUT2D eigenvalue weighted by Crippen LogP contribution is -2.32. The maximum Gasteiger partial charge on any atom is 0.319 e. The van der Waals surface area contributed by atoms with Gasteiger partial charge in [0.05, 0.1) is 12.2 Å². The number of nitrogens with zero attached hydrogens (tertiary/aromatic N) is 2. The maximum absolute atomic E-state index is 12.0. The molecular weight excluding hydrogens is 376 g/mol. The second-order valence-electron chi connectivity index (χ2n) is 7.15. The first-order chi connectivity index (χ1) is 14.6. The molecule has 3 aromatic rings. The van der Waals surface area contributed by atoms with E-state index < -0.39 is 0 Å². The Hall–Kier alpha value is -3.41. The number of amides is 2. The fraction of sp³-hybridized carbons (Fsp3) is 0.292. The highest BCUT2D eigenvalue weighted by atomic mass is 16.5. The molecule has 1 heterocycles. The number of nitrogens with one attached hydrogen (secondary N) is 2. The standard InChI is InChI=1S/C24H28N4O2/c1-3-4-5-19-8-12-21(13-9-19)26-24(29)25-16-17-30-23-15-14-22(27-28-23)20-10-6-18(2)7-11-20/h6-15H,3-5,16-17H2,1-2H3,(H2,25,26,29). The third kappa shape index (κ3) is 6.58. The summed E-state index contributed by atoms with van der Waals surface area (Å²) in [6.07, 6.45) is 3.41. The van der Waals surface area contributed by atoms with Crippen LogP contribution < -0.4 is 15.4 Å². The van der Waals surface area contributed by atoms with Crippen molar-refractivity contribution in [1.29, 1.82) is 0 Å². The van der Waals surface area contributed by atoms with Crippen LogP contribution in [0.4, 0.5) is 10.5 Å². The highest BCUT2D eigenvalue weighted by molar-refractivity contribution is 5.89. The fourth-order valence-corrected chi connectivity index (χ4v) is 2.91. The van der Waals surface area contributed by atoms with Gasteiger partial charge in [-0.15, -0.1) is 10.2 Å². The van der Waals surface area contributed by atoms with Crippen molar-refractivity contribution >= 4 is 11.7 Å². The summed E-state index contributed by atoms with van der Waals surface area (Å²) in [5.41, 5.74) is 5.06. The molecule has 0 bridgehead atoms. The molecule has 0 spiro atoms. The number of hydrogen-bond donors (Lipinski definition) is 2. The third-order valence-electron chi connectivity index (χ3n) is 4.66. The van der Waals surface area contributed by atoms with Crippen LogP contribution in [-0.2, 0) is 6.42 Å². The Morgan fingerprint density at radius 2 is 1.73 bits per heavy atom. The van der Waals surface area contributed by atoms with E-state index in [1.807, 2.05) is 61.5 Å². The highest BCUT2D eigenvalue weighted by Gasteiger charge is 2.04. The molecule has 0 aliphatic heterocycles. The molecule has 30 heavy (non-hydrogen) atoms. The normalized spacial score (nSPS) is 10.5. The van der Waals surface area contributed by atoms with Gasteiger partial charge in [-0.1, -0.05) is 55.3 Å². The van der Waals surface area contributed by atoms with Gasteiger partial charge in [0, 0.05) is 17.3 Å². The molecule has 2 aromatic carbocycles. The molecule has 2 amide bonds. The number of anilines is 1. The Bertz CT molecular complexity index is 923. The van der Waals surface area contributed by atoms with Crippen LogP contribution in [0.5, 0.6) is 5.88 Å². The number of rotatable bonds is 9. The topological polar surface area (TPSA) is 76.1 Å². The van der Waals surface area contributed by atoms with Gasteiger partial charge in [-0.2, -0.15) is 0 Å². The van der Waals surface area contributed by atoms with Crippen molar-refractivity contribution in [3.8, 4) is 17.1 Å². The number of carbonyl (C=O) groups is 1. The van der Waals surface area contributed by atoms with E-state index in [1.165, 1.54) is 24.0 Å². The van der Waals surface area contributed by atoms with Crippen molar-refractivity contribution in [2.24, 2.45) is 0 Å². The summed E-state index contributed by atoms with van der Waals surface area (Å²) in [4.78, 5) is 12.0. The van der Waals surface area contributed by atoms with Crippen LogP contribution in [0.15, 0.2) is 60.7 Å². The van der Waals surface area contributed by atoms with Crippen molar-refractivity contribution in [2.45, 2.75) is 33.1 Å². The lowest BCUT2D eigenvalue weighted by molar-refractivity contribution is 0.246. The second kappa shape index (κ2) is 11.0. The van der Waals surface area contributed by atoms with Crippen molar-refractivity contribution in [3.63, 3.8) is 0 Å². The molecule has 0 saturated heterocycles. The van der Waals surface area contributed by atoms with Crippen molar-refractivity contribution in [3.05, 3.63) is 71.8 Å². The lowest BCUT2D eigenvalue weighted by atomic mass is 10.1. The first-order valence-electron chi connectivity index (χ1n) is 10.3. The number of benzene rings is 2. The minimum atomic E-state index is -0.263. The molecule has 6 heteroatoms. The number of hydrogen-bond acceptors (Lipinski definition) is 4. The van der Waals surface area contributed by atoms with Crippen LogP contribution in [0, 0.1) is 6.92 Å². The van der Waals surface area contributed by atoms with E-state index in [1.54, 1.807) is 6.07 Å². The molecule has 6 nitrogen and oxygen atoms in total. The number of urea groups is 1. The molecule has 0 saturated carbocycles. The van der Waals surface area contributed by atoms with Crippen LogP contribution in [0.2, 0.25) is 0 Å². The minimum Gasteiger partial charge on any atom is -0.475 e. The quantitative estimate of drug-likeness (QED) is 0.492. The van der Waals surface area contributed by atoms with Crippen LogP contribution in [0.3, 0.4) is 0 Å². The molecule has 0 atom stereocenters. The Labute approximate surface area is 177 Å². The van der Waals surface area contributed by atoms with E-state index in [0.29, 0.717) is 19.0 Å². The van der Waals surface area contributed by atoms with Crippen LogP contribution in [0.1, 0.15) is 30.9 Å². The SMILES string of the molecule is CCCCc1ccc(NC(=O)NCCOc2ccc(-c3ccc(C)cc3)nn2)cc1. The number of ether oxygens (including phenoxy) is 1. The number of aryl methyl sites for hydroxylation is 2. The molecule has 3 rings (SSSR count). The molecule has 0 fully saturated rings. The van der Waals surface area contributed by atoms with Gasteiger partial charge in [0.15, 0.2) is 0 Å². The molecule has 0 unspecified atom stereocenters. The van der Waals surface area contributed by atoms with Crippen molar-refractivity contribution in [1.82, 2.24) is 15.5 Å². The van der Waals surface area contributed by atoms with E-state index in [-0.39, 0.29) is 6.03 Å². The predicted octanol–water partition coefficient (Wildman–Crippen LogP) is 5.00. The van der Waals surface area contributed by atoms with Gasteiger partial charge in [-0.05, 0) is 43.5 Å². The van der Waals surface area contributed by atoms with Gasteiger partial charge in [0.1, 0.15) is 6.61 Å². The zero-order valence-corrected chi connectivity index (χ0v) is 17.5. The zero-order valence-electron chi connectivity index (χ0n) is 17.5. The van der Waals surface area contributed by atoms with Crippen LogP contribution in [0.25, 0.3) is 11.3 Å². The highest BCUT2D eigenvalue weighted by Crippen LogP contribution is 2.18. The summed E-state index contributed by atoms with van der Waals surface area (Å²) in [5.74, 6) is 0.427. The summed E-state index contributed by atoms with van der Waals surface area (Å²) < 4.78 is 5.55. The van der Waals surface area contributed by atoms with Gasteiger partial charge in [0.2, 0.25) is 5.88 Å². The average molecular weight is 405 g/mol. The van der Waals surface area contributed by atoms with Gasteiger partial charge in [-0.25, -0.2) is 4.79 Å². The molecule has 0 aliphatic carbocycles. The number of aromatic nitrogens is 2. The van der Waals surface area contributed by atoms with Gasteiger partial charge in [0.25, 0.3) is 0 Å². The molecule has 0 radical (unpaired) electrons. The minimum absolute atomic E-state index is 0.263. The Morgan fingerprint density at radius 3 is 2.40 bits per heavy atom. The van der Waals surface area contributed by atoms with Gasteiger partial charge >= 0.3 is 6.03 Å². The fourth-order valence-electron chi connectivity index (χ4n) is 2.91. The number of unbranched alkanes of at least 4 members (excludes halogenated alkanes) is 1. The van der Waals surface area contributed by atoms with Crippen molar-refractivity contribution in [2.75, 3.05) is 18.5 Å². The molecule has 2 N–H and O–H groups in total. The van der Waals surface area contributed by atoms with E-state index in [9.17, 15) is 4.79 Å². The lowest BCUT2D eigenvalue weighted by Gasteiger charge is -2.09. The molecule has 1 aromatic heterocycles. The van der Waals surface area contributed by atoms with Crippen LogP contribution in [-0.4, -0.2) is 29.4 Å². The van der Waals surface area contributed by atoms with Crippen molar-refractivity contribution < 1.29 is 9.53 Å². The Balaban J connectivity index is 1.38. The summed E-state index contributed by atoms with van der Waals surface area (Å²) in [6.45, 7) is 4.89. The summed E-state index contributed by atoms with van der Waals surface area (Å²) in [7, 11) is 0. The maximum atomic E-state index is 12.0. The molecule has 0 aliphatic rings. The Kier molecular flexibility index (Phi) is 7.78. The van der Waals surface area contributed by atoms with E-state index in [4.69, 9.17) is 4.74 Å². The van der Waals surface area contributed by atoms with E-state index >= 15 is 0 Å². The first kappa shape index (κ1) is 21.3.